The molecule has 0 saturated carbocycles. The molecule has 1 atom stereocenters. The van der Waals surface area contributed by atoms with Crippen LogP contribution in [0.15, 0.2) is 60.7 Å². The van der Waals surface area contributed by atoms with E-state index in [-0.39, 0.29) is 5.69 Å². The van der Waals surface area contributed by atoms with Gasteiger partial charge in [0, 0.05) is 18.7 Å². The van der Waals surface area contributed by atoms with Crippen molar-refractivity contribution in [3.63, 3.8) is 0 Å². The van der Waals surface area contributed by atoms with E-state index in [0.717, 1.165) is 6.54 Å². The van der Waals surface area contributed by atoms with E-state index in [1.54, 1.807) is 12.1 Å². The lowest BCUT2D eigenvalue weighted by atomic mass is 10.1. The van der Waals surface area contributed by atoms with Gasteiger partial charge in [-0.05, 0) is 24.2 Å². The molecule has 5 heteroatoms. The first-order chi connectivity index (χ1) is 10.1. The number of benzene rings is 2. The molecule has 0 bridgehead atoms. The molecule has 0 aliphatic rings. The second-order valence-corrected chi connectivity index (χ2v) is 4.33. The topological polar surface area (TPSA) is 75.4 Å². The fraction of sp³-hybridized carbons (Fsp3) is 0.250. The van der Waals surface area contributed by atoms with Crippen LogP contribution >= 0.6 is 0 Å². The van der Waals surface area contributed by atoms with Crippen LogP contribution in [0, 0.1) is 10.1 Å². The van der Waals surface area contributed by atoms with Crippen LogP contribution in [0.5, 0.6) is 0 Å². The number of aliphatic hydroxyl groups is 1. The Labute approximate surface area is 124 Å². The number of non-ortho nitro benzene ring substituents is 1. The van der Waals surface area contributed by atoms with Gasteiger partial charge in [0.1, 0.15) is 0 Å². The number of aliphatic hydroxyl groups excluding tert-OH is 1. The number of nitro benzene ring substituents is 1. The number of hydrogen-bond acceptors (Lipinski definition) is 4. The quantitative estimate of drug-likeness (QED) is 0.655. The number of rotatable bonds is 5. The van der Waals surface area contributed by atoms with E-state index in [1.165, 1.54) is 12.1 Å². The molecule has 2 N–H and O–H groups in total. The van der Waals surface area contributed by atoms with Crippen molar-refractivity contribution in [1.29, 1.82) is 0 Å². The van der Waals surface area contributed by atoms with Gasteiger partial charge < -0.3 is 10.4 Å². The molecule has 112 valence electrons. The highest BCUT2D eigenvalue weighted by Crippen LogP contribution is 2.16. The predicted octanol–water partition coefficient (Wildman–Crippen LogP) is 2.92. The summed E-state index contributed by atoms with van der Waals surface area (Å²) < 4.78 is 0. The van der Waals surface area contributed by atoms with Gasteiger partial charge in [-0.2, -0.15) is 0 Å². The highest BCUT2D eigenvalue weighted by molar-refractivity contribution is 5.33. The minimum atomic E-state index is -0.620. The van der Waals surface area contributed by atoms with Gasteiger partial charge in [-0.3, -0.25) is 10.1 Å². The normalized spacial score (nSPS) is 11.1. The smallest absolute Gasteiger partial charge is 0.269 e. The molecule has 0 aliphatic carbocycles. The maximum Gasteiger partial charge on any atom is 0.269 e. The molecule has 2 aromatic rings. The van der Waals surface area contributed by atoms with E-state index in [1.807, 2.05) is 43.3 Å². The third kappa shape index (κ3) is 6.65. The maximum atomic E-state index is 10.4. The molecule has 5 nitrogen and oxygen atoms in total. The van der Waals surface area contributed by atoms with Crippen molar-refractivity contribution in [2.75, 3.05) is 13.1 Å². The summed E-state index contributed by atoms with van der Waals surface area (Å²) in [6.07, 6.45) is -0.620. The van der Waals surface area contributed by atoms with Gasteiger partial charge in [0.15, 0.2) is 0 Å². The Morgan fingerprint density at radius 3 is 1.95 bits per heavy atom. The lowest BCUT2D eigenvalue weighted by molar-refractivity contribution is -0.384. The van der Waals surface area contributed by atoms with Crippen molar-refractivity contribution in [3.05, 3.63) is 76.3 Å². The summed E-state index contributed by atoms with van der Waals surface area (Å²) in [5.41, 5.74) is 0.718. The second-order valence-electron chi connectivity index (χ2n) is 4.33. The standard InChI is InChI=1S/C10H14N2O3.C6H6/c1-2-11-7-10(13)8-3-5-9(6-4-8)12(14)15;1-2-4-6-5-3-1/h3-6,10-11,13H,2,7H2,1H3;1-6H/t10-;/m1./s1. The molecule has 0 unspecified atom stereocenters. The summed E-state index contributed by atoms with van der Waals surface area (Å²) in [6, 6.07) is 17.9. The first kappa shape index (κ1) is 16.8. The summed E-state index contributed by atoms with van der Waals surface area (Å²) in [6.45, 7) is 3.18. The van der Waals surface area contributed by atoms with Crippen molar-refractivity contribution in [2.45, 2.75) is 13.0 Å². The molecule has 0 spiro atoms. The van der Waals surface area contributed by atoms with Gasteiger partial charge in [-0.1, -0.05) is 43.3 Å². The highest BCUT2D eigenvalue weighted by Gasteiger charge is 2.09. The number of nitrogens with one attached hydrogen (secondary N) is 1. The average molecular weight is 288 g/mol. The number of hydrogen-bond donors (Lipinski definition) is 2. The third-order valence-corrected chi connectivity index (χ3v) is 2.74. The van der Waals surface area contributed by atoms with Crippen LogP contribution in [0.25, 0.3) is 0 Å². The van der Waals surface area contributed by atoms with E-state index >= 15 is 0 Å². The minimum absolute atomic E-state index is 0.0365. The van der Waals surface area contributed by atoms with Crippen LogP contribution in [0.3, 0.4) is 0 Å². The van der Waals surface area contributed by atoms with Crippen LogP contribution < -0.4 is 5.32 Å². The number of nitro groups is 1. The zero-order valence-electron chi connectivity index (χ0n) is 12.0. The third-order valence-electron chi connectivity index (χ3n) is 2.74. The molecule has 0 aromatic heterocycles. The summed E-state index contributed by atoms with van der Waals surface area (Å²) in [5, 5.41) is 23.0. The fourth-order valence-electron chi connectivity index (χ4n) is 1.60. The monoisotopic (exact) mass is 288 g/mol. The second kappa shape index (κ2) is 9.63. The Morgan fingerprint density at radius 1 is 1.10 bits per heavy atom. The van der Waals surface area contributed by atoms with E-state index in [9.17, 15) is 15.2 Å². The zero-order valence-corrected chi connectivity index (χ0v) is 12.0. The molecule has 0 saturated heterocycles. The van der Waals surface area contributed by atoms with Crippen molar-refractivity contribution in [1.82, 2.24) is 5.32 Å². The van der Waals surface area contributed by atoms with Gasteiger partial charge in [-0.25, -0.2) is 0 Å². The molecule has 2 rings (SSSR count). The summed E-state index contributed by atoms with van der Waals surface area (Å²) in [4.78, 5) is 9.93. The zero-order chi connectivity index (χ0) is 15.5. The van der Waals surface area contributed by atoms with Crippen LogP contribution in [0.2, 0.25) is 0 Å². The van der Waals surface area contributed by atoms with E-state index in [2.05, 4.69) is 5.32 Å². The van der Waals surface area contributed by atoms with E-state index < -0.39 is 11.0 Å². The molecular formula is C16H20N2O3. The number of nitrogens with zero attached hydrogens (tertiary/aromatic N) is 1. The molecule has 21 heavy (non-hydrogen) atoms. The number of likely N-dealkylation sites (N-methyl/N-ethyl adjacent to an activating group) is 1. The molecule has 2 aromatic carbocycles. The van der Waals surface area contributed by atoms with Crippen LogP contribution in [0.1, 0.15) is 18.6 Å². The first-order valence-corrected chi connectivity index (χ1v) is 6.78. The van der Waals surface area contributed by atoms with Crippen LogP contribution in [0.4, 0.5) is 5.69 Å². The minimum Gasteiger partial charge on any atom is -0.387 e. The molecular weight excluding hydrogens is 268 g/mol. The molecule has 0 amide bonds. The van der Waals surface area contributed by atoms with Crippen molar-refractivity contribution in [2.24, 2.45) is 0 Å². The van der Waals surface area contributed by atoms with Gasteiger partial charge in [0.2, 0.25) is 0 Å². The Bertz CT molecular complexity index is 488. The summed E-state index contributed by atoms with van der Waals surface area (Å²) >= 11 is 0. The Balaban J connectivity index is 0.000000304. The van der Waals surface area contributed by atoms with Gasteiger partial charge >= 0.3 is 0 Å². The van der Waals surface area contributed by atoms with Gasteiger partial charge in [0.05, 0.1) is 11.0 Å². The van der Waals surface area contributed by atoms with E-state index in [0.29, 0.717) is 12.1 Å². The van der Waals surface area contributed by atoms with Crippen molar-refractivity contribution in [3.8, 4) is 0 Å². The van der Waals surface area contributed by atoms with Gasteiger partial charge in [0.25, 0.3) is 5.69 Å². The maximum absolute atomic E-state index is 10.4. The summed E-state index contributed by atoms with van der Waals surface area (Å²) in [5.74, 6) is 0. The Hall–Kier alpha value is -2.24. The molecule has 0 aliphatic heterocycles. The largest absolute Gasteiger partial charge is 0.387 e. The first-order valence-electron chi connectivity index (χ1n) is 6.78. The predicted molar refractivity (Wildman–Crippen MR) is 83.0 cm³/mol. The summed E-state index contributed by atoms with van der Waals surface area (Å²) in [7, 11) is 0. The van der Waals surface area contributed by atoms with Crippen LogP contribution in [-0.2, 0) is 0 Å². The Morgan fingerprint density at radius 2 is 1.57 bits per heavy atom. The molecule has 0 radical (unpaired) electrons. The lowest BCUT2D eigenvalue weighted by Crippen LogP contribution is -2.20. The SMILES string of the molecule is CCNC[C@@H](O)c1ccc([N+](=O)[O-])cc1.c1ccccc1. The fourth-order valence-corrected chi connectivity index (χ4v) is 1.60. The molecule has 0 fully saturated rings. The van der Waals surface area contributed by atoms with E-state index in [4.69, 9.17) is 0 Å². The Kier molecular flexibility index (Phi) is 7.71. The lowest BCUT2D eigenvalue weighted by Gasteiger charge is -2.10. The average Bonchev–Trinajstić information content (AvgIpc) is 2.55. The van der Waals surface area contributed by atoms with Gasteiger partial charge in [-0.15, -0.1) is 0 Å². The highest BCUT2D eigenvalue weighted by atomic mass is 16.6. The van der Waals surface area contributed by atoms with Crippen LogP contribution in [-0.4, -0.2) is 23.1 Å². The van der Waals surface area contributed by atoms with Crippen molar-refractivity contribution < 1.29 is 10.0 Å². The molecule has 0 heterocycles. The van der Waals surface area contributed by atoms with Crippen molar-refractivity contribution >= 4 is 5.69 Å².